The van der Waals surface area contributed by atoms with Crippen LogP contribution in [0.15, 0.2) is 42.5 Å². The zero-order chi connectivity index (χ0) is 17.2. The molecule has 0 bridgehead atoms. The molecule has 0 saturated heterocycles. The third-order valence-electron chi connectivity index (χ3n) is 5.00. The molecule has 0 radical (unpaired) electrons. The lowest BCUT2D eigenvalue weighted by molar-refractivity contribution is 0.212. The highest BCUT2D eigenvalue weighted by atomic mass is 32.2. The summed E-state index contributed by atoms with van der Waals surface area (Å²) in [5.41, 5.74) is 1.27. The summed E-state index contributed by atoms with van der Waals surface area (Å²) in [6.07, 6.45) is 11.2. The van der Waals surface area contributed by atoms with E-state index in [2.05, 4.69) is 25.1 Å². The molecule has 3 unspecified atom stereocenters. The maximum atomic E-state index is 12.1. The maximum Gasteiger partial charge on any atom is 0.0724 e. The molecule has 134 valence electrons. The summed E-state index contributed by atoms with van der Waals surface area (Å²) in [6.45, 7) is 2.15. The lowest BCUT2D eigenvalue weighted by atomic mass is 9.96. The van der Waals surface area contributed by atoms with Crippen molar-refractivity contribution in [2.24, 2.45) is 11.8 Å². The van der Waals surface area contributed by atoms with Gasteiger partial charge < -0.3 is 5.11 Å². The Balaban J connectivity index is 1.75. The van der Waals surface area contributed by atoms with Gasteiger partial charge >= 0.3 is 0 Å². The molecule has 1 N–H and O–H groups in total. The molecule has 0 aliphatic heterocycles. The van der Waals surface area contributed by atoms with Crippen LogP contribution < -0.4 is 0 Å². The van der Waals surface area contributed by atoms with E-state index in [1.54, 1.807) is 0 Å². The molecular weight excluding hydrogens is 316 g/mol. The minimum Gasteiger partial charge on any atom is -0.389 e. The highest BCUT2D eigenvalue weighted by Gasteiger charge is 2.26. The van der Waals surface area contributed by atoms with Gasteiger partial charge in [-0.2, -0.15) is 0 Å². The predicted octanol–water partition coefficient (Wildman–Crippen LogP) is 4.50. The first-order valence-electron chi connectivity index (χ1n) is 9.44. The van der Waals surface area contributed by atoms with E-state index in [1.165, 1.54) is 24.8 Å². The Morgan fingerprint density at radius 3 is 2.83 bits per heavy atom. The Hall–Kier alpha value is -0.930. The van der Waals surface area contributed by atoms with E-state index in [-0.39, 0.29) is 6.10 Å². The van der Waals surface area contributed by atoms with Gasteiger partial charge in [0.05, 0.1) is 6.10 Å². The second kappa shape index (κ2) is 10.8. The summed E-state index contributed by atoms with van der Waals surface area (Å²) >= 11 is 0. The Bertz CT molecular complexity index is 512. The van der Waals surface area contributed by atoms with Gasteiger partial charge in [-0.1, -0.05) is 62.2 Å². The fourth-order valence-electron chi connectivity index (χ4n) is 3.48. The monoisotopic (exact) mass is 348 g/mol. The van der Waals surface area contributed by atoms with E-state index in [1.807, 2.05) is 24.3 Å². The minimum atomic E-state index is -0.669. The normalized spacial score (nSPS) is 23.6. The number of allylic oxidation sites excluding steroid dienone is 1. The quantitative estimate of drug-likeness (QED) is 0.632. The van der Waals surface area contributed by atoms with E-state index >= 15 is 0 Å². The fourth-order valence-corrected chi connectivity index (χ4v) is 5.15. The summed E-state index contributed by atoms with van der Waals surface area (Å²) in [7, 11) is -0.669. The van der Waals surface area contributed by atoms with Crippen molar-refractivity contribution in [3.63, 3.8) is 0 Å². The van der Waals surface area contributed by atoms with Crippen molar-refractivity contribution in [2.75, 3.05) is 11.5 Å². The number of hydrogen-bond donors (Lipinski definition) is 1. The van der Waals surface area contributed by atoms with Crippen LogP contribution >= 0.6 is 0 Å². The summed E-state index contributed by atoms with van der Waals surface area (Å²) in [5.74, 6) is 2.74. The first kappa shape index (κ1) is 19.4. The van der Waals surface area contributed by atoms with Crippen LogP contribution in [0.5, 0.6) is 0 Å². The van der Waals surface area contributed by atoms with Crippen molar-refractivity contribution in [1.29, 1.82) is 0 Å². The van der Waals surface area contributed by atoms with Crippen LogP contribution in [-0.2, 0) is 17.2 Å². The molecule has 1 fully saturated rings. The lowest BCUT2D eigenvalue weighted by Crippen LogP contribution is -2.17. The topological polar surface area (TPSA) is 37.3 Å². The lowest BCUT2D eigenvalue weighted by Gasteiger charge is -2.16. The van der Waals surface area contributed by atoms with Crippen LogP contribution in [0.25, 0.3) is 0 Å². The number of aliphatic hydroxyl groups is 1. The van der Waals surface area contributed by atoms with Gasteiger partial charge in [0.1, 0.15) is 0 Å². The van der Waals surface area contributed by atoms with E-state index in [9.17, 15) is 9.32 Å². The molecule has 0 heterocycles. The standard InChI is InChI=1S/C21H32O2S/c1-2-3-16-24(23)17-20-11-7-10-19(20)13-15-21(22)14-12-18-8-5-4-6-9-18/h4-6,8-9,13,15,19-22H,2-3,7,10-12,14,16-17H2,1H3/b15-13+/t19?,20-,21?,24?/m0/s1. The number of benzene rings is 1. The number of aryl methyl sites for hydroxylation is 1. The highest BCUT2D eigenvalue weighted by Crippen LogP contribution is 2.33. The van der Waals surface area contributed by atoms with E-state index in [0.29, 0.717) is 11.8 Å². The van der Waals surface area contributed by atoms with Crippen LogP contribution in [0.3, 0.4) is 0 Å². The number of rotatable bonds is 10. The molecule has 1 aliphatic rings. The molecule has 0 spiro atoms. The average Bonchev–Trinajstić information content (AvgIpc) is 3.04. The van der Waals surface area contributed by atoms with Crippen molar-refractivity contribution in [2.45, 2.75) is 58.0 Å². The van der Waals surface area contributed by atoms with Crippen molar-refractivity contribution in [3.05, 3.63) is 48.0 Å². The minimum absolute atomic E-state index is 0.378. The van der Waals surface area contributed by atoms with Gasteiger partial charge in [0.2, 0.25) is 0 Å². The molecule has 0 aromatic heterocycles. The van der Waals surface area contributed by atoms with Gasteiger partial charge in [0, 0.05) is 22.3 Å². The highest BCUT2D eigenvalue weighted by molar-refractivity contribution is 7.84. The molecule has 4 atom stereocenters. The Labute approximate surface area is 149 Å². The van der Waals surface area contributed by atoms with Crippen LogP contribution in [0.4, 0.5) is 0 Å². The van der Waals surface area contributed by atoms with Crippen LogP contribution in [0, 0.1) is 11.8 Å². The first-order chi connectivity index (χ1) is 11.7. The third-order valence-corrected chi connectivity index (χ3v) is 6.54. The molecule has 2 rings (SSSR count). The predicted molar refractivity (Wildman–Crippen MR) is 104 cm³/mol. The molecule has 0 amide bonds. The second-order valence-electron chi connectivity index (χ2n) is 7.00. The van der Waals surface area contributed by atoms with Crippen LogP contribution in [-0.4, -0.2) is 26.9 Å². The fraction of sp³-hybridized carbons (Fsp3) is 0.619. The molecule has 1 aromatic carbocycles. The van der Waals surface area contributed by atoms with Crippen molar-refractivity contribution < 1.29 is 9.32 Å². The van der Waals surface area contributed by atoms with Gasteiger partial charge in [0.15, 0.2) is 0 Å². The summed E-state index contributed by atoms with van der Waals surface area (Å²) in [5, 5.41) is 10.2. The maximum absolute atomic E-state index is 12.1. The molecule has 1 aromatic rings. The van der Waals surface area contributed by atoms with Gasteiger partial charge in [-0.3, -0.25) is 4.21 Å². The van der Waals surface area contributed by atoms with Crippen molar-refractivity contribution >= 4 is 10.8 Å². The zero-order valence-electron chi connectivity index (χ0n) is 14.9. The molecule has 1 aliphatic carbocycles. The molecular formula is C21H32O2S. The number of aliphatic hydroxyl groups excluding tert-OH is 1. The van der Waals surface area contributed by atoms with E-state index in [0.717, 1.165) is 37.2 Å². The van der Waals surface area contributed by atoms with Crippen LogP contribution in [0.2, 0.25) is 0 Å². The SMILES string of the molecule is CCCCS(=O)C[C@@H]1CCCC1/C=C/C(O)CCc1ccccc1. The van der Waals surface area contributed by atoms with E-state index in [4.69, 9.17) is 0 Å². The molecule has 24 heavy (non-hydrogen) atoms. The Morgan fingerprint density at radius 2 is 2.08 bits per heavy atom. The summed E-state index contributed by atoms with van der Waals surface area (Å²) in [4.78, 5) is 0. The van der Waals surface area contributed by atoms with Crippen LogP contribution in [0.1, 0.15) is 51.0 Å². The van der Waals surface area contributed by atoms with Gasteiger partial charge in [0.25, 0.3) is 0 Å². The largest absolute Gasteiger partial charge is 0.389 e. The van der Waals surface area contributed by atoms with Gasteiger partial charge in [-0.25, -0.2) is 0 Å². The average molecular weight is 349 g/mol. The molecule has 2 nitrogen and oxygen atoms in total. The number of unbranched alkanes of at least 4 members (excludes halogenated alkanes) is 1. The van der Waals surface area contributed by atoms with Gasteiger partial charge in [-0.05, 0) is 49.5 Å². The summed E-state index contributed by atoms with van der Waals surface area (Å²) in [6, 6.07) is 10.3. The van der Waals surface area contributed by atoms with Crippen molar-refractivity contribution in [1.82, 2.24) is 0 Å². The zero-order valence-corrected chi connectivity index (χ0v) is 15.7. The third kappa shape index (κ3) is 6.90. The number of hydrogen-bond acceptors (Lipinski definition) is 2. The molecule has 1 saturated carbocycles. The Kier molecular flexibility index (Phi) is 8.76. The van der Waals surface area contributed by atoms with E-state index < -0.39 is 10.8 Å². The smallest absolute Gasteiger partial charge is 0.0724 e. The summed E-state index contributed by atoms with van der Waals surface area (Å²) < 4.78 is 12.1. The second-order valence-corrected chi connectivity index (χ2v) is 8.62. The Morgan fingerprint density at radius 1 is 1.29 bits per heavy atom. The molecule has 3 heteroatoms. The van der Waals surface area contributed by atoms with Gasteiger partial charge in [-0.15, -0.1) is 0 Å². The van der Waals surface area contributed by atoms with Crippen molar-refractivity contribution in [3.8, 4) is 0 Å². The first-order valence-corrected chi connectivity index (χ1v) is 10.9.